The maximum absolute atomic E-state index is 13.2. The smallest absolute Gasteiger partial charge is 0.270 e. The van der Waals surface area contributed by atoms with Crippen molar-refractivity contribution in [3.63, 3.8) is 0 Å². The fourth-order valence-corrected chi connectivity index (χ4v) is 4.04. The molecule has 1 aromatic heterocycles. The van der Waals surface area contributed by atoms with Crippen LogP contribution in [-0.4, -0.2) is 26.0 Å². The highest BCUT2D eigenvalue weighted by atomic mass is 32.2. The summed E-state index contributed by atoms with van der Waals surface area (Å²) < 4.78 is 1.49. The zero-order chi connectivity index (χ0) is 22.0. The van der Waals surface area contributed by atoms with Crippen LogP contribution in [0, 0.1) is 17.0 Å². The summed E-state index contributed by atoms with van der Waals surface area (Å²) in [5, 5.41) is 11.8. The molecule has 0 bridgehead atoms. The van der Waals surface area contributed by atoms with Crippen molar-refractivity contribution in [3.8, 4) is 5.69 Å². The number of ketones is 1. The summed E-state index contributed by atoms with van der Waals surface area (Å²) >= 11 is 1.12. The van der Waals surface area contributed by atoms with E-state index in [9.17, 15) is 19.7 Å². The number of nitro groups is 1. The molecular formula is C23H17N3O4S. The molecule has 0 atom stereocenters. The number of aromatic nitrogens is 2. The van der Waals surface area contributed by atoms with Gasteiger partial charge in [-0.3, -0.25) is 24.3 Å². The number of rotatable bonds is 6. The number of hydrogen-bond donors (Lipinski definition) is 0. The van der Waals surface area contributed by atoms with Crippen molar-refractivity contribution in [2.75, 3.05) is 5.75 Å². The minimum atomic E-state index is -0.538. The Balaban J connectivity index is 1.73. The first-order chi connectivity index (χ1) is 14.9. The summed E-state index contributed by atoms with van der Waals surface area (Å²) in [5.74, 6) is -0.302. The lowest BCUT2D eigenvalue weighted by molar-refractivity contribution is -0.384. The molecule has 3 aromatic carbocycles. The number of benzene rings is 3. The highest BCUT2D eigenvalue weighted by Gasteiger charge is 2.17. The standard InChI is InChI=1S/C23H17N3O4S/c1-15-9-11-17(12-10-15)25-22(28)19-7-2-3-8-20(19)24-23(25)31-14-21(27)16-5-4-6-18(13-16)26(29)30/h2-13H,14H2,1H3. The van der Waals surface area contributed by atoms with Crippen molar-refractivity contribution in [1.29, 1.82) is 0 Å². The van der Waals surface area contributed by atoms with E-state index >= 15 is 0 Å². The van der Waals surface area contributed by atoms with Gasteiger partial charge in [0.05, 0.1) is 27.3 Å². The highest BCUT2D eigenvalue weighted by molar-refractivity contribution is 7.99. The number of Topliss-reactive ketones (excluding diaryl/α,β-unsaturated/α-hetero) is 1. The molecule has 0 amide bonds. The monoisotopic (exact) mass is 431 g/mol. The molecule has 0 saturated heterocycles. The van der Waals surface area contributed by atoms with Crippen LogP contribution in [0.15, 0.2) is 82.7 Å². The summed E-state index contributed by atoms with van der Waals surface area (Å²) in [7, 11) is 0. The van der Waals surface area contributed by atoms with E-state index in [0.717, 1.165) is 17.3 Å². The van der Waals surface area contributed by atoms with Gasteiger partial charge in [-0.1, -0.05) is 53.7 Å². The molecule has 0 spiro atoms. The minimum Gasteiger partial charge on any atom is -0.293 e. The Bertz CT molecular complexity index is 1360. The van der Waals surface area contributed by atoms with E-state index in [-0.39, 0.29) is 28.3 Å². The molecule has 0 aliphatic heterocycles. The molecule has 0 unspecified atom stereocenters. The van der Waals surface area contributed by atoms with Crippen LogP contribution in [0.2, 0.25) is 0 Å². The molecule has 7 nitrogen and oxygen atoms in total. The molecule has 4 aromatic rings. The van der Waals surface area contributed by atoms with E-state index in [4.69, 9.17) is 0 Å². The van der Waals surface area contributed by atoms with E-state index in [2.05, 4.69) is 4.98 Å². The average Bonchev–Trinajstić information content (AvgIpc) is 2.78. The van der Waals surface area contributed by atoms with Crippen LogP contribution in [0.25, 0.3) is 16.6 Å². The fourth-order valence-electron chi connectivity index (χ4n) is 3.14. The molecule has 1 heterocycles. The molecule has 8 heteroatoms. The van der Waals surface area contributed by atoms with Crippen LogP contribution in [0.3, 0.4) is 0 Å². The molecule has 0 aliphatic carbocycles. The van der Waals surface area contributed by atoms with Gasteiger partial charge in [0.25, 0.3) is 11.2 Å². The second-order valence-electron chi connectivity index (χ2n) is 6.91. The quantitative estimate of drug-likeness (QED) is 0.146. The van der Waals surface area contributed by atoms with Crippen LogP contribution >= 0.6 is 11.8 Å². The number of hydrogen-bond acceptors (Lipinski definition) is 6. The van der Waals surface area contributed by atoms with E-state index in [1.807, 2.05) is 31.2 Å². The number of thioether (sulfide) groups is 1. The third-order valence-corrected chi connectivity index (χ3v) is 5.69. The zero-order valence-corrected chi connectivity index (χ0v) is 17.3. The van der Waals surface area contributed by atoms with Crippen molar-refractivity contribution in [1.82, 2.24) is 9.55 Å². The van der Waals surface area contributed by atoms with Crippen LogP contribution in [0.4, 0.5) is 5.69 Å². The Kier molecular flexibility index (Phi) is 5.64. The Morgan fingerprint density at radius 2 is 1.81 bits per heavy atom. The summed E-state index contributed by atoms with van der Waals surface area (Å²) in [6.07, 6.45) is 0. The third kappa shape index (κ3) is 4.24. The van der Waals surface area contributed by atoms with E-state index in [0.29, 0.717) is 21.7 Å². The Morgan fingerprint density at radius 1 is 1.06 bits per heavy atom. The average molecular weight is 431 g/mol. The number of carbonyl (C=O) groups excluding carboxylic acids is 1. The number of nitrogens with zero attached hydrogens (tertiary/aromatic N) is 3. The van der Waals surface area contributed by atoms with E-state index in [1.54, 1.807) is 24.3 Å². The van der Waals surface area contributed by atoms with Crippen LogP contribution in [0.1, 0.15) is 15.9 Å². The minimum absolute atomic E-state index is 0.0161. The second kappa shape index (κ2) is 8.53. The molecule has 31 heavy (non-hydrogen) atoms. The molecule has 0 aliphatic rings. The summed E-state index contributed by atoms with van der Waals surface area (Å²) in [6, 6.07) is 20.1. The van der Waals surface area contributed by atoms with Crippen molar-refractivity contribution < 1.29 is 9.72 Å². The van der Waals surface area contributed by atoms with Gasteiger partial charge in [-0.25, -0.2) is 4.98 Å². The van der Waals surface area contributed by atoms with Gasteiger partial charge in [-0.2, -0.15) is 0 Å². The van der Waals surface area contributed by atoms with Crippen LogP contribution in [0.5, 0.6) is 0 Å². The topological polar surface area (TPSA) is 95.1 Å². The normalized spacial score (nSPS) is 10.9. The maximum Gasteiger partial charge on any atom is 0.270 e. The van der Waals surface area contributed by atoms with Gasteiger partial charge in [0, 0.05) is 17.7 Å². The largest absolute Gasteiger partial charge is 0.293 e. The van der Waals surface area contributed by atoms with Crippen molar-refractivity contribution in [3.05, 3.63) is 104 Å². The first kappa shape index (κ1) is 20.5. The molecule has 0 N–H and O–H groups in total. The maximum atomic E-state index is 13.2. The lowest BCUT2D eigenvalue weighted by atomic mass is 10.1. The third-order valence-electron chi connectivity index (χ3n) is 4.75. The lowest BCUT2D eigenvalue weighted by Crippen LogP contribution is -2.22. The van der Waals surface area contributed by atoms with E-state index in [1.165, 1.54) is 28.8 Å². The Labute approximate surface area is 181 Å². The molecule has 154 valence electrons. The SMILES string of the molecule is Cc1ccc(-n2c(SCC(=O)c3cccc([N+](=O)[O-])c3)nc3ccccc3c2=O)cc1. The predicted octanol–water partition coefficient (Wildman–Crippen LogP) is 4.58. The summed E-state index contributed by atoms with van der Waals surface area (Å²) in [5.41, 5.74) is 2.13. The van der Waals surface area contributed by atoms with E-state index < -0.39 is 4.92 Å². The molecule has 0 saturated carbocycles. The van der Waals surface area contributed by atoms with Gasteiger partial charge >= 0.3 is 0 Å². The first-order valence-corrected chi connectivity index (χ1v) is 10.4. The molecule has 0 fully saturated rings. The van der Waals surface area contributed by atoms with Gasteiger partial charge in [0.1, 0.15) is 0 Å². The lowest BCUT2D eigenvalue weighted by Gasteiger charge is -2.13. The molecule has 4 rings (SSSR count). The number of fused-ring (bicyclic) bond motifs is 1. The highest BCUT2D eigenvalue weighted by Crippen LogP contribution is 2.23. The summed E-state index contributed by atoms with van der Waals surface area (Å²) in [4.78, 5) is 41.0. The second-order valence-corrected chi connectivity index (χ2v) is 7.85. The number of carbonyl (C=O) groups is 1. The fraction of sp³-hybridized carbons (Fsp3) is 0.0870. The zero-order valence-electron chi connectivity index (χ0n) is 16.5. The Hall–Kier alpha value is -3.78. The predicted molar refractivity (Wildman–Crippen MR) is 120 cm³/mol. The molecule has 0 radical (unpaired) electrons. The van der Waals surface area contributed by atoms with Crippen molar-refractivity contribution in [2.45, 2.75) is 12.1 Å². The number of aryl methyl sites for hydroxylation is 1. The van der Waals surface area contributed by atoms with Crippen LogP contribution in [-0.2, 0) is 0 Å². The van der Waals surface area contributed by atoms with Crippen LogP contribution < -0.4 is 5.56 Å². The number of nitro benzene ring substituents is 1. The van der Waals surface area contributed by atoms with Gasteiger partial charge in [0.15, 0.2) is 10.9 Å². The first-order valence-electron chi connectivity index (χ1n) is 9.43. The van der Waals surface area contributed by atoms with Gasteiger partial charge in [-0.05, 0) is 31.2 Å². The Morgan fingerprint density at radius 3 is 2.55 bits per heavy atom. The summed E-state index contributed by atoms with van der Waals surface area (Å²) in [6.45, 7) is 1.96. The number of para-hydroxylation sites is 1. The van der Waals surface area contributed by atoms with Gasteiger partial charge in [-0.15, -0.1) is 0 Å². The number of non-ortho nitro benzene ring substituents is 1. The molecular weight excluding hydrogens is 414 g/mol. The van der Waals surface area contributed by atoms with Gasteiger partial charge < -0.3 is 0 Å². The van der Waals surface area contributed by atoms with Crippen molar-refractivity contribution >= 4 is 34.1 Å². The van der Waals surface area contributed by atoms with Gasteiger partial charge in [0.2, 0.25) is 0 Å². The van der Waals surface area contributed by atoms with Crippen molar-refractivity contribution in [2.24, 2.45) is 0 Å².